The lowest BCUT2D eigenvalue weighted by atomic mass is 10.2. The van der Waals surface area contributed by atoms with Crippen LogP contribution in [0.3, 0.4) is 0 Å². The number of nitrogens with one attached hydrogen (secondary N) is 2. The third-order valence-corrected chi connectivity index (χ3v) is 3.96. The Hall–Kier alpha value is -1.44. The van der Waals surface area contributed by atoms with Gasteiger partial charge in [-0.1, -0.05) is 12.1 Å². The minimum Gasteiger partial charge on any atom is -0.481 e. The lowest BCUT2D eigenvalue weighted by Gasteiger charge is -2.07. The highest BCUT2D eigenvalue weighted by Crippen LogP contribution is 2.10. The predicted octanol–water partition coefficient (Wildman–Crippen LogP) is 0.202. The zero-order chi connectivity index (χ0) is 14.3. The van der Waals surface area contributed by atoms with Gasteiger partial charge in [-0.15, -0.1) is 0 Å². The summed E-state index contributed by atoms with van der Waals surface area (Å²) >= 11 is 0. The molecule has 0 radical (unpaired) electrons. The maximum absolute atomic E-state index is 11.9. The summed E-state index contributed by atoms with van der Waals surface area (Å²) in [5.74, 6) is -0.944. The van der Waals surface area contributed by atoms with Gasteiger partial charge in [0.1, 0.15) is 0 Å². The Bertz CT molecular complexity index is 511. The van der Waals surface area contributed by atoms with E-state index in [-0.39, 0.29) is 11.3 Å². The van der Waals surface area contributed by atoms with E-state index in [4.69, 9.17) is 5.11 Å². The number of hydrogen-bond acceptors (Lipinski definition) is 4. The van der Waals surface area contributed by atoms with Crippen LogP contribution in [0.5, 0.6) is 0 Å². The molecule has 0 aromatic heterocycles. The molecule has 0 heterocycles. The summed E-state index contributed by atoms with van der Waals surface area (Å²) < 4.78 is 26.2. The molecule has 3 N–H and O–H groups in total. The Morgan fingerprint density at radius 2 is 1.84 bits per heavy atom. The Kier molecular flexibility index (Phi) is 5.94. The summed E-state index contributed by atoms with van der Waals surface area (Å²) in [5.41, 5.74) is 0.571. The fraction of sp³-hybridized carbons (Fsp3) is 0.417. The van der Waals surface area contributed by atoms with Crippen LogP contribution in [-0.2, 0) is 21.2 Å². The monoisotopic (exact) mass is 286 g/mol. The average Bonchev–Trinajstić information content (AvgIpc) is 2.35. The van der Waals surface area contributed by atoms with Gasteiger partial charge in [0.15, 0.2) is 0 Å². The maximum atomic E-state index is 11.9. The van der Waals surface area contributed by atoms with E-state index in [1.807, 2.05) is 0 Å². The van der Waals surface area contributed by atoms with E-state index < -0.39 is 16.0 Å². The molecule has 0 saturated heterocycles. The van der Waals surface area contributed by atoms with Crippen LogP contribution in [0.2, 0.25) is 0 Å². The van der Waals surface area contributed by atoms with Gasteiger partial charge in [0.2, 0.25) is 10.0 Å². The van der Waals surface area contributed by atoms with Gasteiger partial charge in [-0.2, -0.15) is 0 Å². The van der Waals surface area contributed by atoms with Gasteiger partial charge in [-0.25, -0.2) is 13.1 Å². The van der Waals surface area contributed by atoms with Crippen molar-refractivity contribution in [3.8, 4) is 0 Å². The number of aliphatic carboxylic acids is 1. The molecule has 1 rings (SSSR count). The van der Waals surface area contributed by atoms with Gasteiger partial charge in [-0.05, 0) is 37.7 Å². The topological polar surface area (TPSA) is 95.5 Å². The van der Waals surface area contributed by atoms with Crippen LogP contribution in [0.15, 0.2) is 29.2 Å². The first-order chi connectivity index (χ1) is 8.95. The van der Waals surface area contributed by atoms with E-state index in [1.54, 1.807) is 7.05 Å². The molecular formula is C12H18N2O4S. The van der Waals surface area contributed by atoms with Crippen LogP contribution in [0.1, 0.15) is 12.0 Å². The van der Waals surface area contributed by atoms with Crippen molar-refractivity contribution in [2.45, 2.75) is 17.7 Å². The number of rotatable bonds is 8. The predicted molar refractivity (Wildman–Crippen MR) is 71.5 cm³/mol. The summed E-state index contributed by atoms with van der Waals surface area (Å²) in [6.45, 7) is 1.10. The SMILES string of the molecule is CNCCCNS(=O)(=O)c1ccc(CC(=O)O)cc1. The highest BCUT2D eigenvalue weighted by atomic mass is 32.2. The maximum Gasteiger partial charge on any atom is 0.307 e. The fourth-order valence-corrected chi connectivity index (χ4v) is 2.59. The summed E-state index contributed by atoms with van der Waals surface area (Å²) in [4.78, 5) is 10.7. The van der Waals surface area contributed by atoms with Crippen molar-refractivity contribution in [3.05, 3.63) is 29.8 Å². The van der Waals surface area contributed by atoms with Crippen LogP contribution >= 0.6 is 0 Å². The zero-order valence-electron chi connectivity index (χ0n) is 10.7. The summed E-state index contributed by atoms with van der Waals surface area (Å²) in [7, 11) is -1.71. The molecular weight excluding hydrogens is 268 g/mol. The standard InChI is InChI=1S/C12H18N2O4S/c1-13-7-2-8-14-19(17,18)11-5-3-10(4-6-11)9-12(15)16/h3-6,13-14H,2,7-9H2,1H3,(H,15,16). The quantitative estimate of drug-likeness (QED) is 0.593. The summed E-state index contributed by atoms with van der Waals surface area (Å²) in [5, 5.41) is 11.6. The summed E-state index contributed by atoms with van der Waals surface area (Å²) in [6.07, 6.45) is 0.586. The molecule has 0 saturated carbocycles. The molecule has 7 heteroatoms. The van der Waals surface area contributed by atoms with Crippen LogP contribution in [-0.4, -0.2) is 39.6 Å². The number of benzene rings is 1. The molecule has 6 nitrogen and oxygen atoms in total. The zero-order valence-corrected chi connectivity index (χ0v) is 11.5. The third-order valence-electron chi connectivity index (χ3n) is 2.48. The van der Waals surface area contributed by atoms with Crippen molar-refractivity contribution in [2.75, 3.05) is 20.1 Å². The van der Waals surface area contributed by atoms with Crippen molar-refractivity contribution in [1.29, 1.82) is 0 Å². The molecule has 0 amide bonds. The van der Waals surface area contributed by atoms with Crippen LogP contribution in [0.25, 0.3) is 0 Å². The van der Waals surface area contributed by atoms with Crippen molar-refractivity contribution in [2.24, 2.45) is 0 Å². The smallest absolute Gasteiger partial charge is 0.307 e. The number of carboxylic acid groups (broad SMARTS) is 1. The molecule has 0 aliphatic heterocycles. The van der Waals surface area contributed by atoms with E-state index in [0.29, 0.717) is 18.5 Å². The Morgan fingerprint density at radius 1 is 1.21 bits per heavy atom. The van der Waals surface area contributed by atoms with Gasteiger partial charge in [0, 0.05) is 6.54 Å². The average molecular weight is 286 g/mol. The number of hydrogen-bond donors (Lipinski definition) is 3. The van der Waals surface area contributed by atoms with Crippen LogP contribution < -0.4 is 10.0 Å². The fourth-order valence-electron chi connectivity index (χ4n) is 1.52. The van der Waals surface area contributed by atoms with Gasteiger partial charge < -0.3 is 10.4 Å². The second-order valence-corrected chi connectivity index (χ2v) is 5.84. The first kappa shape index (κ1) is 15.6. The highest BCUT2D eigenvalue weighted by Gasteiger charge is 2.13. The number of carbonyl (C=O) groups is 1. The molecule has 1 aromatic rings. The lowest BCUT2D eigenvalue weighted by molar-refractivity contribution is -0.136. The molecule has 0 atom stereocenters. The number of sulfonamides is 1. The summed E-state index contributed by atoms with van der Waals surface area (Å²) in [6, 6.07) is 5.85. The molecule has 0 aliphatic carbocycles. The van der Waals surface area contributed by atoms with E-state index in [1.165, 1.54) is 24.3 Å². The highest BCUT2D eigenvalue weighted by molar-refractivity contribution is 7.89. The van der Waals surface area contributed by atoms with Crippen molar-refractivity contribution in [1.82, 2.24) is 10.0 Å². The van der Waals surface area contributed by atoms with Gasteiger partial charge in [-0.3, -0.25) is 4.79 Å². The van der Waals surface area contributed by atoms with Crippen LogP contribution in [0.4, 0.5) is 0 Å². The largest absolute Gasteiger partial charge is 0.481 e. The second-order valence-electron chi connectivity index (χ2n) is 4.07. The molecule has 1 aromatic carbocycles. The van der Waals surface area contributed by atoms with E-state index in [0.717, 1.165) is 6.54 Å². The lowest BCUT2D eigenvalue weighted by Crippen LogP contribution is -2.26. The Labute approximate surface area is 112 Å². The molecule has 106 valence electrons. The van der Waals surface area contributed by atoms with E-state index >= 15 is 0 Å². The molecule has 0 fully saturated rings. The molecule has 0 bridgehead atoms. The first-order valence-electron chi connectivity index (χ1n) is 5.90. The van der Waals surface area contributed by atoms with Crippen molar-refractivity contribution in [3.63, 3.8) is 0 Å². The third kappa shape index (κ3) is 5.37. The van der Waals surface area contributed by atoms with Gasteiger partial charge >= 0.3 is 5.97 Å². The minimum absolute atomic E-state index is 0.115. The normalized spacial score (nSPS) is 11.4. The van der Waals surface area contributed by atoms with Gasteiger partial charge in [0.25, 0.3) is 0 Å². The van der Waals surface area contributed by atoms with Crippen molar-refractivity contribution < 1.29 is 18.3 Å². The minimum atomic E-state index is -3.51. The van der Waals surface area contributed by atoms with Crippen LogP contribution in [0, 0.1) is 0 Å². The van der Waals surface area contributed by atoms with Crippen molar-refractivity contribution >= 4 is 16.0 Å². The van der Waals surface area contributed by atoms with E-state index in [9.17, 15) is 13.2 Å². The molecule has 0 aliphatic rings. The Balaban J connectivity index is 2.65. The van der Waals surface area contributed by atoms with Gasteiger partial charge in [0.05, 0.1) is 11.3 Å². The Morgan fingerprint density at radius 3 is 2.37 bits per heavy atom. The second kappa shape index (κ2) is 7.22. The molecule has 0 spiro atoms. The first-order valence-corrected chi connectivity index (χ1v) is 7.39. The van der Waals surface area contributed by atoms with E-state index in [2.05, 4.69) is 10.0 Å². The molecule has 19 heavy (non-hydrogen) atoms. The molecule has 0 unspecified atom stereocenters. The number of carboxylic acids is 1.